The van der Waals surface area contributed by atoms with Crippen LogP contribution in [0.3, 0.4) is 0 Å². The highest BCUT2D eigenvalue weighted by Gasteiger charge is 2.67. The summed E-state index contributed by atoms with van der Waals surface area (Å²) in [6.45, 7) is 0. The van der Waals surface area contributed by atoms with E-state index in [0.717, 1.165) is 12.8 Å². The van der Waals surface area contributed by atoms with Crippen molar-refractivity contribution in [2.45, 2.75) is 24.9 Å². The molecule has 3 aliphatic carbocycles. The molecular weight excluding hydrogens is 254 g/mol. The van der Waals surface area contributed by atoms with Crippen LogP contribution < -0.4 is 11.4 Å². The van der Waals surface area contributed by atoms with Crippen LogP contribution in [0.2, 0.25) is 0 Å². The van der Waals surface area contributed by atoms with Crippen molar-refractivity contribution < 1.29 is 0 Å². The SMILES string of the molecule is Cn1c(=O)n2n(c1=O)[C@H]1C=C[C@H]2[C@]23C=C[C@@]12CC=CC3. The molecule has 6 rings (SSSR count). The maximum Gasteiger partial charge on any atom is 0.347 e. The van der Waals surface area contributed by atoms with E-state index in [1.807, 2.05) is 0 Å². The molecule has 0 spiro atoms. The summed E-state index contributed by atoms with van der Waals surface area (Å²) in [5.41, 5.74) is -0.434. The summed E-state index contributed by atoms with van der Waals surface area (Å²) >= 11 is 0. The molecule has 0 saturated heterocycles. The molecule has 0 radical (unpaired) electrons. The minimum atomic E-state index is -0.202. The molecule has 1 aromatic rings. The molecule has 20 heavy (non-hydrogen) atoms. The molecule has 102 valence electrons. The fraction of sp³-hybridized carbons (Fsp3) is 0.467. The van der Waals surface area contributed by atoms with Crippen LogP contribution in [0.5, 0.6) is 0 Å². The molecule has 0 fully saturated rings. The molecule has 5 aliphatic rings. The molecule has 3 heterocycles. The smallest absolute Gasteiger partial charge is 0.246 e. The third-order valence-corrected chi connectivity index (χ3v) is 5.88. The summed E-state index contributed by atoms with van der Waals surface area (Å²) in [6, 6.07) is -0.0762. The quantitative estimate of drug-likeness (QED) is 0.657. The third kappa shape index (κ3) is 0.773. The summed E-state index contributed by atoms with van der Waals surface area (Å²) in [4.78, 5) is 24.8. The Kier molecular flexibility index (Phi) is 1.52. The first-order valence-corrected chi connectivity index (χ1v) is 7.06. The van der Waals surface area contributed by atoms with Crippen LogP contribution in [0.4, 0.5) is 0 Å². The van der Waals surface area contributed by atoms with E-state index in [1.165, 1.54) is 4.57 Å². The van der Waals surface area contributed by atoms with E-state index in [1.54, 1.807) is 16.4 Å². The molecule has 0 saturated carbocycles. The van der Waals surface area contributed by atoms with Crippen molar-refractivity contribution in [1.29, 1.82) is 0 Å². The van der Waals surface area contributed by atoms with Crippen molar-refractivity contribution in [2.24, 2.45) is 17.9 Å². The first kappa shape index (κ1) is 10.7. The molecule has 2 aliphatic heterocycles. The maximum atomic E-state index is 12.4. The predicted octanol–water partition coefficient (Wildman–Crippen LogP) is 0.907. The molecule has 2 bridgehead atoms. The van der Waals surface area contributed by atoms with Crippen LogP contribution in [0.25, 0.3) is 0 Å². The molecule has 5 nitrogen and oxygen atoms in total. The first-order chi connectivity index (χ1) is 9.62. The van der Waals surface area contributed by atoms with E-state index in [9.17, 15) is 9.59 Å². The van der Waals surface area contributed by atoms with Crippen molar-refractivity contribution >= 4 is 0 Å². The molecule has 1 aromatic heterocycles. The highest BCUT2D eigenvalue weighted by Crippen LogP contribution is 2.71. The fourth-order valence-electron chi connectivity index (χ4n) is 4.81. The molecule has 5 heteroatoms. The summed E-state index contributed by atoms with van der Waals surface area (Å²) in [5, 5.41) is 0. The van der Waals surface area contributed by atoms with Crippen LogP contribution in [-0.2, 0) is 7.05 Å². The average molecular weight is 269 g/mol. The molecule has 0 N–H and O–H groups in total. The topological polar surface area (TPSA) is 48.9 Å². The molecule has 0 unspecified atom stereocenters. The average Bonchev–Trinajstić information content (AvgIpc) is 2.67. The van der Waals surface area contributed by atoms with Gasteiger partial charge in [0.2, 0.25) is 0 Å². The van der Waals surface area contributed by atoms with Gasteiger partial charge in [0.15, 0.2) is 0 Å². The maximum absolute atomic E-state index is 12.4. The Morgan fingerprint density at radius 3 is 1.80 bits per heavy atom. The minimum Gasteiger partial charge on any atom is -0.246 e. The van der Waals surface area contributed by atoms with E-state index in [2.05, 4.69) is 36.5 Å². The van der Waals surface area contributed by atoms with Gasteiger partial charge in [0.1, 0.15) is 0 Å². The van der Waals surface area contributed by atoms with E-state index in [0.29, 0.717) is 0 Å². The number of allylic oxidation sites excluding steroid dienone is 6. The Morgan fingerprint density at radius 1 is 0.950 bits per heavy atom. The first-order valence-electron chi connectivity index (χ1n) is 7.06. The van der Waals surface area contributed by atoms with Crippen molar-refractivity contribution in [1.82, 2.24) is 13.9 Å². The van der Waals surface area contributed by atoms with Gasteiger partial charge in [0.25, 0.3) is 0 Å². The Bertz CT molecular complexity index is 784. The fourth-order valence-corrected chi connectivity index (χ4v) is 4.81. The van der Waals surface area contributed by atoms with Gasteiger partial charge in [-0.25, -0.2) is 23.5 Å². The molecule has 0 aromatic carbocycles. The van der Waals surface area contributed by atoms with Crippen molar-refractivity contribution in [3.8, 4) is 0 Å². The lowest BCUT2D eigenvalue weighted by atomic mass is 9.43. The highest BCUT2D eigenvalue weighted by molar-refractivity contribution is 5.43. The Labute approximate surface area is 115 Å². The van der Waals surface area contributed by atoms with Gasteiger partial charge in [-0.05, 0) is 12.8 Å². The van der Waals surface area contributed by atoms with Crippen LogP contribution in [-0.4, -0.2) is 13.9 Å². The van der Waals surface area contributed by atoms with Crippen molar-refractivity contribution in [3.05, 3.63) is 57.4 Å². The molecule has 0 amide bonds. The largest absolute Gasteiger partial charge is 0.347 e. The van der Waals surface area contributed by atoms with E-state index in [-0.39, 0.29) is 34.3 Å². The van der Waals surface area contributed by atoms with Crippen molar-refractivity contribution in [2.75, 3.05) is 0 Å². The number of nitrogens with zero attached hydrogens (tertiary/aromatic N) is 3. The number of rotatable bonds is 0. The van der Waals surface area contributed by atoms with Gasteiger partial charge in [-0.15, -0.1) is 0 Å². The Morgan fingerprint density at radius 2 is 1.40 bits per heavy atom. The summed E-state index contributed by atoms with van der Waals surface area (Å²) in [6.07, 6.45) is 15.1. The van der Waals surface area contributed by atoms with Crippen LogP contribution in [0.1, 0.15) is 24.9 Å². The van der Waals surface area contributed by atoms with Gasteiger partial charge in [-0.3, -0.25) is 0 Å². The zero-order chi connectivity index (χ0) is 13.7. The van der Waals surface area contributed by atoms with Gasteiger partial charge in [-0.1, -0.05) is 36.5 Å². The second-order valence-corrected chi connectivity index (χ2v) is 6.38. The van der Waals surface area contributed by atoms with Crippen LogP contribution >= 0.6 is 0 Å². The van der Waals surface area contributed by atoms with Gasteiger partial charge in [0.05, 0.1) is 12.1 Å². The number of hydrogen-bond acceptors (Lipinski definition) is 2. The predicted molar refractivity (Wildman–Crippen MR) is 73.5 cm³/mol. The van der Waals surface area contributed by atoms with Gasteiger partial charge < -0.3 is 0 Å². The minimum absolute atomic E-state index is 0.0151. The lowest BCUT2D eigenvalue weighted by Gasteiger charge is -2.65. The normalized spacial score (nSPS) is 42.0. The summed E-state index contributed by atoms with van der Waals surface area (Å²) in [5.74, 6) is 0. The zero-order valence-corrected chi connectivity index (χ0v) is 11.2. The van der Waals surface area contributed by atoms with Gasteiger partial charge in [0, 0.05) is 17.9 Å². The molecular formula is C15H15N3O2. The van der Waals surface area contributed by atoms with E-state index in [4.69, 9.17) is 0 Å². The van der Waals surface area contributed by atoms with Gasteiger partial charge >= 0.3 is 11.4 Å². The Balaban J connectivity index is 1.92. The van der Waals surface area contributed by atoms with Crippen molar-refractivity contribution in [3.63, 3.8) is 0 Å². The number of hydrogen-bond donors (Lipinski definition) is 0. The highest BCUT2D eigenvalue weighted by atomic mass is 16.2. The summed E-state index contributed by atoms with van der Waals surface area (Å²) in [7, 11) is 1.56. The Hall–Kier alpha value is -2.04. The second-order valence-electron chi connectivity index (χ2n) is 6.38. The van der Waals surface area contributed by atoms with Crippen LogP contribution in [0.15, 0.2) is 46.0 Å². The summed E-state index contributed by atoms with van der Waals surface area (Å²) < 4.78 is 4.58. The second kappa shape index (κ2) is 2.85. The van der Waals surface area contributed by atoms with E-state index < -0.39 is 0 Å². The lowest BCUT2D eigenvalue weighted by molar-refractivity contribution is -0.0513. The van der Waals surface area contributed by atoms with Gasteiger partial charge in [-0.2, -0.15) is 0 Å². The van der Waals surface area contributed by atoms with E-state index >= 15 is 0 Å². The standard InChI is InChI=1S/C15H15N3O2/c1-16-12(19)17-10-4-5-11(18(17)13(16)20)15-7-3-2-6-14(10,15)8-9-15/h2-5,8-11H,6-7H2,1H3/t10-,11-,14-,15-/m0/s1. The zero-order valence-electron chi connectivity index (χ0n) is 11.2. The lowest BCUT2D eigenvalue weighted by Crippen LogP contribution is -2.64. The number of aromatic nitrogens is 3. The third-order valence-electron chi connectivity index (χ3n) is 5.88. The van der Waals surface area contributed by atoms with Crippen LogP contribution in [0, 0.1) is 10.8 Å². The monoisotopic (exact) mass is 269 g/mol. The molecule has 4 atom stereocenters.